The van der Waals surface area contributed by atoms with Gasteiger partial charge in [0.25, 0.3) is 0 Å². The van der Waals surface area contributed by atoms with Crippen molar-refractivity contribution in [2.75, 3.05) is 6.54 Å². The maximum absolute atomic E-state index is 5.62. The maximum Gasteiger partial charge on any atom is 0.0396 e. The lowest BCUT2D eigenvalue weighted by Gasteiger charge is -1.93. The zero-order chi connectivity index (χ0) is 8.10. The summed E-state index contributed by atoms with van der Waals surface area (Å²) in [7, 11) is 0. The Bertz CT molecular complexity index is 234. The molecule has 3 N–H and O–H groups in total. The van der Waals surface area contributed by atoms with Crippen LogP contribution < -0.4 is 11.1 Å². The Kier molecular flexibility index (Phi) is 2.55. The highest BCUT2D eigenvalue weighted by atomic mass is 14.8. The first kappa shape index (κ1) is 7.66. The van der Waals surface area contributed by atoms with Crippen LogP contribution in [-0.4, -0.2) is 6.54 Å². The standard InChI is InChI=1S/C9H12N2/c1-2-3-9(10)6-8-4-5-11-7-8/h2-6,11H,1,7,10H2/b8-6-,9-3+. The van der Waals surface area contributed by atoms with Crippen LogP contribution in [-0.2, 0) is 0 Å². The van der Waals surface area contributed by atoms with Gasteiger partial charge in [-0.1, -0.05) is 12.7 Å². The molecule has 1 aliphatic rings. The SMILES string of the molecule is C=C/C=C(N)\C=C1\C=CNC1. The minimum Gasteiger partial charge on any atom is -0.399 e. The highest BCUT2D eigenvalue weighted by molar-refractivity contribution is 5.33. The van der Waals surface area contributed by atoms with Crippen LogP contribution in [0.1, 0.15) is 0 Å². The minimum absolute atomic E-state index is 0.739. The van der Waals surface area contributed by atoms with Gasteiger partial charge in [0.1, 0.15) is 0 Å². The first-order valence-corrected chi connectivity index (χ1v) is 3.51. The van der Waals surface area contributed by atoms with Gasteiger partial charge in [-0.25, -0.2) is 0 Å². The van der Waals surface area contributed by atoms with E-state index in [1.165, 1.54) is 5.57 Å². The maximum atomic E-state index is 5.62. The van der Waals surface area contributed by atoms with Gasteiger partial charge in [0.15, 0.2) is 0 Å². The molecule has 0 fully saturated rings. The molecule has 0 amide bonds. The summed E-state index contributed by atoms with van der Waals surface area (Å²) in [5.41, 5.74) is 7.55. The third-order valence-corrected chi connectivity index (χ3v) is 1.38. The van der Waals surface area contributed by atoms with Crippen LogP contribution in [0.3, 0.4) is 0 Å². The average molecular weight is 148 g/mol. The van der Waals surface area contributed by atoms with E-state index in [4.69, 9.17) is 5.73 Å². The minimum atomic E-state index is 0.739. The van der Waals surface area contributed by atoms with E-state index in [2.05, 4.69) is 11.9 Å². The molecule has 58 valence electrons. The summed E-state index contributed by atoms with van der Waals surface area (Å²) in [6.45, 7) is 4.42. The van der Waals surface area contributed by atoms with Crippen molar-refractivity contribution in [3.63, 3.8) is 0 Å². The highest BCUT2D eigenvalue weighted by Crippen LogP contribution is 2.03. The Labute approximate surface area is 66.8 Å². The van der Waals surface area contributed by atoms with E-state index in [0.29, 0.717) is 0 Å². The van der Waals surface area contributed by atoms with E-state index in [0.717, 1.165) is 12.2 Å². The molecule has 0 aromatic rings. The molecular formula is C9H12N2. The van der Waals surface area contributed by atoms with Crippen LogP contribution in [0.4, 0.5) is 0 Å². The molecule has 0 bridgehead atoms. The highest BCUT2D eigenvalue weighted by Gasteiger charge is 1.96. The number of rotatable bonds is 2. The van der Waals surface area contributed by atoms with Crippen molar-refractivity contribution in [3.05, 3.63) is 48.4 Å². The van der Waals surface area contributed by atoms with Gasteiger partial charge in [-0.3, -0.25) is 0 Å². The van der Waals surface area contributed by atoms with Crippen molar-refractivity contribution in [1.29, 1.82) is 0 Å². The monoisotopic (exact) mass is 148 g/mol. The van der Waals surface area contributed by atoms with Crippen LogP contribution >= 0.6 is 0 Å². The van der Waals surface area contributed by atoms with Crippen LogP contribution in [0.25, 0.3) is 0 Å². The zero-order valence-corrected chi connectivity index (χ0v) is 6.38. The summed E-state index contributed by atoms with van der Waals surface area (Å²) in [5.74, 6) is 0. The first-order valence-electron chi connectivity index (χ1n) is 3.51. The second-order valence-electron chi connectivity index (χ2n) is 2.34. The van der Waals surface area contributed by atoms with Crippen LogP contribution in [0.5, 0.6) is 0 Å². The lowest BCUT2D eigenvalue weighted by atomic mass is 10.2. The molecular weight excluding hydrogens is 136 g/mol. The van der Waals surface area contributed by atoms with Gasteiger partial charge >= 0.3 is 0 Å². The largest absolute Gasteiger partial charge is 0.399 e. The summed E-state index contributed by atoms with van der Waals surface area (Å²) in [5, 5.41) is 3.06. The van der Waals surface area contributed by atoms with E-state index < -0.39 is 0 Å². The Morgan fingerprint density at radius 2 is 2.55 bits per heavy atom. The molecule has 2 nitrogen and oxygen atoms in total. The van der Waals surface area contributed by atoms with Crippen LogP contribution in [0, 0.1) is 0 Å². The quantitative estimate of drug-likeness (QED) is 0.575. The molecule has 0 unspecified atom stereocenters. The predicted octanol–water partition coefficient (Wildman–Crippen LogP) is 1.06. The fourth-order valence-electron chi connectivity index (χ4n) is 0.899. The van der Waals surface area contributed by atoms with Crippen molar-refractivity contribution >= 4 is 0 Å². The summed E-state index contributed by atoms with van der Waals surface area (Å²) in [6.07, 6.45) is 9.30. The molecule has 1 rings (SSSR count). The smallest absolute Gasteiger partial charge is 0.0396 e. The number of allylic oxidation sites excluding steroid dienone is 3. The predicted molar refractivity (Wildman–Crippen MR) is 47.7 cm³/mol. The third-order valence-electron chi connectivity index (χ3n) is 1.38. The van der Waals surface area contributed by atoms with Crippen LogP contribution in [0.15, 0.2) is 48.4 Å². The van der Waals surface area contributed by atoms with Gasteiger partial charge < -0.3 is 11.1 Å². The molecule has 1 heterocycles. The Morgan fingerprint density at radius 1 is 1.73 bits per heavy atom. The third kappa shape index (κ3) is 2.34. The summed E-state index contributed by atoms with van der Waals surface area (Å²) >= 11 is 0. The summed E-state index contributed by atoms with van der Waals surface area (Å²) in [4.78, 5) is 0. The zero-order valence-electron chi connectivity index (χ0n) is 6.38. The Hall–Kier alpha value is -1.44. The molecule has 0 aliphatic carbocycles. The normalized spacial score (nSPS) is 20.4. The molecule has 0 saturated heterocycles. The van der Waals surface area contributed by atoms with Gasteiger partial charge in [-0.05, 0) is 30.0 Å². The van der Waals surface area contributed by atoms with Gasteiger partial charge in [0.2, 0.25) is 0 Å². The Balaban J connectivity index is 2.63. The van der Waals surface area contributed by atoms with Crippen molar-refractivity contribution in [3.8, 4) is 0 Å². The van der Waals surface area contributed by atoms with Gasteiger partial charge in [-0.2, -0.15) is 0 Å². The van der Waals surface area contributed by atoms with Crippen molar-refractivity contribution in [1.82, 2.24) is 5.32 Å². The van der Waals surface area contributed by atoms with Crippen LogP contribution in [0.2, 0.25) is 0 Å². The van der Waals surface area contributed by atoms with Crippen molar-refractivity contribution in [2.24, 2.45) is 5.73 Å². The molecule has 0 aromatic carbocycles. The molecule has 0 spiro atoms. The topological polar surface area (TPSA) is 38.0 Å². The van der Waals surface area contributed by atoms with E-state index >= 15 is 0 Å². The molecule has 0 saturated carbocycles. The van der Waals surface area contributed by atoms with E-state index in [1.807, 2.05) is 18.4 Å². The second kappa shape index (κ2) is 3.66. The lowest BCUT2D eigenvalue weighted by Crippen LogP contribution is -2.02. The number of nitrogens with one attached hydrogen (secondary N) is 1. The lowest BCUT2D eigenvalue weighted by molar-refractivity contribution is 1.00. The summed E-state index contributed by atoms with van der Waals surface area (Å²) < 4.78 is 0. The van der Waals surface area contributed by atoms with Crippen molar-refractivity contribution < 1.29 is 0 Å². The average Bonchev–Trinajstić information content (AvgIpc) is 2.40. The van der Waals surface area contributed by atoms with Gasteiger partial charge in [-0.15, -0.1) is 0 Å². The summed E-state index contributed by atoms with van der Waals surface area (Å²) in [6, 6.07) is 0. The molecule has 0 atom stereocenters. The second-order valence-corrected chi connectivity index (χ2v) is 2.34. The molecule has 11 heavy (non-hydrogen) atoms. The van der Waals surface area contributed by atoms with E-state index in [-0.39, 0.29) is 0 Å². The van der Waals surface area contributed by atoms with Gasteiger partial charge in [0.05, 0.1) is 0 Å². The molecule has 0 aromatic heterocycles. The Morgan fingerprint density at radius 3 is 3.09 bits per heavy atom. The van der Waals surface area contributed by atoms with E-state index in [1.54, 1.807) is 12.2 Å². The fraction of sp³-hybridized carbons (Fsp3) is 0.111. The number of hydrogen-bond acceptors (Lipinski definition) is 2. The molecule has 2 heteroatoms. The number of nitrogens with two attached hydrogens (primary N) is 1. The first-order chi connectivity index (χ1) is 5.33. The van der Waals surface area contributed by atoms with Gasteiger partial charge in [0, 0.05) is 12.2 Å². The molecule has 1 aliphatic heterocycles. The molecule has 0 radical (unpaired) electrons. The van der Waals surface area contributed by atoms with Crippen molar-refractivity contribution in [2.45, 2.75) is 0 Å². The fourth-order valence-corrected chi connectivity index (χ4v) is 0.899. The van der Waals surface area contributed by atoms with E-state index in [9.17, 15) is 0 Å². The number of hydrogen-bond donors (Lipinski definition) is 2.